The molecule has 1 aliphatic carbocycles. The Morgan fingerprint density at radius 3 is 2.38 bits per heavy atom. The second-order valence-electron chi connectivity index (χ2n) is 14.0. The summed E-state index contributed by atoms with van der Waals surface area (Å²) in [6, 6.07) is 12.4. The number of nitrogens with zero attached hydrogens (tertiary/aromatic N) is 2. The molecule has 2 aromatic carbocycles. The van der Waals surface area contributed by atoms with Crippen LogP contribution < -0.4 is 19.5 Å². The molecule has 1 saturated carbocycles. The van der Waals surface area contributed by atoms with E-state index in [2.05, 4.69) is 10.2 Å². The summed E-state index contributed by atoms with van der Waals surface area (Å²) < 4.78 is 64.6. The van der Waals surface area contributed by atoms with Crippen LogP contribution in [0.3, 0.4) is 0 Å². The minimum absolute atomic E-state index is 0.0346. The number of rotatable bonds is 16. The largest absolute Gasteiger partial charge is 0.619 e. The fourth-order valence-electron chi connectivity index (χ4n) is 6.93. The monoisotopic (exact) mass is 865 g/mol. The van der Waals surface area contributed by atoms with Crippen molar-refractivity contribution >= 4 is 52.9 Å². The van der Waals surface area contributed by atoms with E-state index in [1.807, 2.05) is 0 Å². The van der Waals surface area contributed by atoms with Gasteiger partial charge in [-0.05, 0) is 86.5 Å². The van der Waals surface area contributed by atoms with Crippen LogP contribution in [0.25, 0.3) is 0 Å². The molecule has 18 heteroatoms. The van der Waals surface area contributed by atoms with E-state index in [1.165, 1.54) is 24.3 Å². The number of piperidine rings is 3. The van der Waals surface area contributed by atoms with Gasteiger partial charge in [-0.2, -0.15) is 13.5 Å². The summed E-state index contributed by atoms with van der Waals surface area (Å²) in [4.78, 5) is 38.8. The molecule has 12 nitrogen and oxygen atoms in total. The number of benzene rings is 2. The Hall–Kier alpha value is -4.61. The number of hydrogen-bond donors (Lipinski definition) is 2. The highest BCUT2D eigenvalue weighted by Gasteiger charge is 2.38. The standard InChI is InChI=1S/C39H38Cl2F3N3O7S.CH2O2/c40-28-18-47(50)19-29(41)27(28)16-32(24-7-9-31(54-39(43)44)33(15-24)51-21-22-5-6-22)52-37(48)35-10-8-25(55-35)17-45-36(26-3-1-2-4-30(26)42)38(49)53-34-20-46-13-11-23(34)12-14-46;2-1-3/h1-4,7-10,15,18-19,22-23,32,34,36,39,45H,5-6,11-14,16-17,20-21H2;1H,(H,2,3)/t32-,34-,36?;/m0./s1. The van der Waals surface area contributed by atoms with Crippen molar-refractivity contribution in [2.24, 2.45) is 11.8 Å². The predicted octanol–water partition coefficient (Wildman–Crippen LogP) is 7.53. The maximum atomic E-state index is 15.0. The number of aromatic nitrogens is 1. The highest BCUT2D eigenvalue weighted by molar-refractivity contribution is 7.13. The molecule has 2 bridgehead atoms. The summed E-state index contributed by atoms with van der Waals surface area (Å²) in [5.41, 5.74) is 0.848. The Bertz CT molecular complexity index is 2040. The van der Waals surface area contributed by atoms with Crippen molar-refractivity contribution in [2.75, 3.05) is 26.2 Å². The molecule has 4 aliphatic rings. The predicted molar refractivity (Wildman–Crippen MR) is 207 cm³/mol. The van der Waals surface area contributed by atoms with Crippen LogP contribution in [0.5, 0.6) is 11.5 Å². The lowest BCUT2D eigenvalue weighted by Gasteiger charge is -2.44. The van der Waals surface area contributed by atoms with Crippen LogP contribution in [0.2, 0.25) is 10.0 Å². The molecule has 58 heavy (non-hydrogen) atoms. The maximum absolute atomic E-state index is 15.0. The van der Waals surface area contributed by atoms with Gasteiger partial charge in [-0.3, -0.25) is 15.0 Å². The highest BCUT2D eigenvalue weighted by Crippen LogP contribution is 2.39. The molecule has 3 aliphatic heterocycles. The number of nitrogens with one attached hydrogen (secondary N) is 1. The Morgan fingerprint density at radius 2 is 1.74 bits per heavy atom. The van der Waals surface area contributed by atoms with Crippen LogP contribution >= 0.6 is 34.5 Å². The number of esters is 2. The van der Waals surface area contributed by atoms with Crippen molar-refractivity contribution in [1.82, 2.24) is 10.2 Å². The first-order chi connectivity index (χ1) is 27.9. The molecule has 0 radical (unpaired) electrons. The first-order valence-corrected chi connectivity index (χ1v) is 20.1. The lowest BCUT2D eigenvalue weighted by molar-refractivity contribution is -0.605. The van der Waals surface area contributed by atoms with E-state index in [-0.39, 0.29) is 63.4 Å². The third-order valence-corrected chi connectivity index (χ3v) is 11.8. The van der Waals surface area contributed by atoms with Crippen LogP contribution in [0, 0.1) is 22.9 Å². The van der Waals surface area contributed by atoms with Crippen molar-refractivity contribution in [1.29, 1.82) is 0 Å². The molecule has 2 aromatic heterocycles. The van der Waals surface area contributed by atoms with E-state index in [9.17, 15) is 23.6 Å². The first kappa shape index (κ1) is 43.0. The normalized spacial score (nSPS) is 19.4. The molecule has 8 rings (SSSR count). The van der Waals surface area contributed by atoms with Crippen molar-refractivity contribution in [2.45, 2.75) is 63.5 Å². The number of hydrogen-bond acceptors (Lipinski definition) is 11. The summed E-state index contributed by atoms with van der Waals surface area (Å²) in [7, 11) is 0. The molecule has 3 saturated heterocycles. The van der Waals surface area contributed by atoms with Crippen molar-refractivity contribution in [3.63, 3.8) is 0 Å². The third kappa shape index (κ3) is 11.3. The van der Waals surface area contributed by atoms with Crippen LogP contribution in [0.4, 0.5) is 13.2 Å². The van der Waals surface area contributed by atoms with Crippen molar-refractivity contribution in [3.8, 4) is 11.5 Å². The van der Waals surface area contributed by atoms with Crippen LogP contribution in [0.15, 0.2) is 67.0 Å². The molecule has 0 amide bonds. The van der Waals surface area contributed by atoms with Gasteiger partial charge in [0, 0.05) is 35.5 Å². The Labute approximate surface area is 345 Å². The third-order valence-electron chi connectivity index (χ3n) is 10.1. The Morgan fingerprint density at radius 1 is 1.03 bits per heavy atom. The summed E-state index contributed by atoms with van der Waals surface area (Å²) in [6.45, 7) is -0.330. The Kier molecular flexibility index (Phi) is 14.7. The molecule has 5 heterocycles. The minimum Gasteiger partial charge on any atom is -0.619 e. The van der Waals surface area contributed by atoms with Gasteiger partial charge >= 0.3 is 18.6 Å². The fourth-order valence-corrected chi connectivity index (χ4v) is 8.37. The van der Waals surface area contributed by atoms with Crippen LogP contribution in [0.1, 0.15) is 69.1 Å². The zero-order chi connectivity index (χ0) is 41.3. The van der Waals surface area contributed by atoms with E-state index < -0.39 is 36.5 Å². The van der Waals surface area contributed by atoms with E-state index in [4.69, 9.17) is 52.1 Å². The molecular weight excluding hydrogens is 826 g/mol. The first-order valence-electron chi connectivity index (χ1n) is 18.5. The number of fused-ring (bicyclic) bond motifs is 3. The summed E-state index contributed by atoms with van der Waals surface area (Å²) in [5.74, 6) is -1.40. The van der Waals surface area contributed by atoms with Gasteiger partial charge in [0.1, 0.15) is 39.0 Å². The van der Waals surface area contributed by atoms with Gasteiger partial charge < -0.3 is 29.3 Å². The van der Waals surface area contributed by atoms with Crippen LogP contribution in [-0.2, 0) is 32.0 Å². The number of thiophene rings is 1. The van der Waals surface area contributed by atoms with E-state index in [0.29, 0.717) is 39.8 Å². The number of carbonyl (C=O) groups excluding carboxylic acids is 2. The zero-order valence-corrected chi connectivity index (χ0v) is 33.2. The topological polar surface area (TPSA) is 151 Å². The van der Waals surface area contributed by atoms with Gasteiger partial charge in [0.2, 0.25) is 0 Å². The van der Waals surface area contributed by atoms with Gasteiger partial charge in [0.15, 0.2) is 23.9 Å². The number of carbonyl (C=O) groups is 3. The molecule has 3 atom stereocenters. The number of pyridine rings is 1. The number of alkyl halides is 2. The second-order valence-corrected chi connectivity index (χ2v) is 16.0. The smallest absolute Gasteiger partial charge is 0.387 e. The number of halogens is 5. The highest BCUT2D eigenvalue weighted by atomic mass is 35.5. The minimum atomic E-state index is -3.09. The summed E-state index contributed by atoms with van der Waals surface area (Å²) in [5, 5.41) is 22.1. The van der Waals surface area contributed by atoms with E-state index in [1.54, 1.807) is 30.3 Å². The molecule has 2 N–H and O–H groups in total. The fraction of sp³-hybridized carbons (Fsp3) is 0.400. The molecular formula is C40H40Cl2F3N3O9S. The molecule has 1 unspecified atom stereocenters. The van der Waals surface area contributed by atoms with Gasteiger partial charge in [0.25, 0.3) is 6.47 Å². The second kappa shape index (κ2) is 19.9. The number of ether oxygens (including phenoxy) is 4. The van der Waals surface area contributed by atoms with Gasteiger partial charge in [-0.15, -0.1) is 11.3 Å². The molecule has 4 fully saturated rings. The lowest BCUT2D eigenvalue weighted by atomic mass is 9.86. The zero-order valence-electron chi connectivity index (χ0n) is 30.9. The average Bonchev–Trinajstić information content (AvgIpc) is 3.90. The molecule has 0 spiro atoms. The Balaban J connectivity index is 0.00000183. The quantitative estimate of drug-likeness (QED) is 0.0498. The van der Waals surface area contributed by atoms with Crippen LogP contribution in [-0.4, -0.2) is 67.4 Å². The van der Waals surface area contributed by atoms with E-state index in [0.717, 1.165) is 62.5 Å². The summed E-state index contributed by atoms with van der Waals surface area (Å²) >= 11 is 13.9. The lowest BCUT2D eigenvalue weighted by Crippen LogP contribution is -2.52. The van der Waals surface area contributed by atoms with Gasteiger partial charge in [-0.25, -0.2) is 14.0 Å². The van der Waals surface area contributed by atoms with Gasteiger partial charge in [-0.1, -0.05) is 47.5 Å². The average molecular weight is 867 g/mol. The SMILES string of the molecule is O=C(O[C@@H](Cc1c(Cl)c[n+]([O-])cc1Cl)c1ccc(OC(F)F)c(OCC2CC2)c1)c1ccc(CNC(C(=O)O[C@H]2CN3CCC2CC3)c2ccccc2F)s1.O=CO. The molecule has 4 aromatic rings. The van der Waals surface area contributed by atoms with Crippen molar-refractivity contribution < 1.29 is 56.3 Å². The number of carboxylic acid groups (broad SMARTS) is 1. The summed E-state index contributed by atoms with van der Waals surface area (Å²) in [6.07, 6.45) is 4.64. The van der Waals surface area contributed by atoms with Crippen molar-refractivity contribution in [3.05, 3.63) is 115 Å². The molecule has 310 valence electrons. The van der Waals surface area contributed by atoms with E-state index >= 15 is 4.39 Å². The van der Waals surface area contributed by atoms with Gasteiger partial charge in [0.05, 0.1) is 6.61 Å². The maximum Gasteiger partial charge on any atom is 0.387 e.